The van der Waals surface area contributed by atoms with Gasteiger partial charge in [-0.25, -0.2) is 9.78 Å². The van der Waals surface area contributed by atoms with Crippen molar-refractivity contribution in [2.75, 3.05) is 6.54 Å². The van der Waals surface area contributed by atoms with Crippen LogP contribution in [-0.4, -0.2) is 17.5 Å². The molecule has 0 aliphatic carbocycles. The lowest BCUT2D eigenvalue weighted by atomic mass is 10.0. The average molecular weight is 359 g/mol. The van der Waals surface area contributed by atoms with E-state index in [1.54, 1.807) is 12.1 Å². The molecule has 3 rings (SSSR count). The maximum atomic E-state index is 12.9. The highest BCUT2D eigenvalue weighted by molar-refractivity contribution is 7.09. The van der Waals surface area contributed by atoms with Crippen LogP contribution in [-0.2, 0) is 11.2 Å². The van der Waals surface area contributed by atoms with Crippen molar-refractivity contribution >= 4 is 28.3 Å². The van der Waals surface area contributed by atoms with Gasteiger partial charge < -0.3 is 14.9 Å². The highest BCUT2D eigenvalue weighted by Crippen LogP contribution is 2.28. The molecule has 0 aliphatic rings. The molecule has 1 aromatic carbocycles. The van der Waals surface area contributed by atoms with E-state index in [-0.39, 0.29) is 12.0 Å². The molecule has 0 unspecified atom stereocenters. The van der Waals surface area contributed by atoms with Crippen LogP contribution in [0.2, 0.25) is 0 Å². The minimum Gasteiger partial charge on any atom is -0.463 e. The van der Waals surface area contributed by atoms with E-state index in [9.17, 15) is 9.59 Å². The molecule has 7 heteroatoms. The second-order valence-electron chi connectivity index (χ2n) is 5.66. The first-order valence-corrected chi connectivity index (χ1v) is 8.92. The number of hydrogen-bond acceptors (Lipinski definition) is 6. The number of thiazole rings is 1. The Kier molecular flexibility index (Phi) is 4.96. The molecule has 6 nitrogen and oxygen atoms in total. The van der Waals surface area contributed by atoms with Crippen molar-refractivity contribution in [1.82, 2.24) is 4.98 Å². The van der Waals surface area contributed by atoms with Crippen molar-refractivity contribution in [2.45, 2.75) is 26.7 Å². The summed E-state index contributed by atoms with van der Waals surface area (Å²) in [5, 5.41) is 3.18. The van der Waals surface area contributed by atoms with E-state index in [4.69, 9.17) is 9.15 Å². The van der Waals surface area contributed by atoms with Crippen molar-refractivity contribution in [3.05, 3.63) is 44.6 Å². The summed E-state index contributed by atoms with van der Waals surface area (Å²) >= 11 is 1.48. The molecule has 0 bridgehead atoms. The largest absolute Gasteiger partial charge is 0.463 e. The summed E-state index contributed by atoms with van der Waals surface area (Å²) in [7, 11) is 0. The molecule has 3 aromatic rings. The predicted molar refractivity (Wildman–Crippen MR) is 95.7 cm³/mol. The topological polar surface area (TPSA) is 97.0 Å². The Balaban J connectivity index is 2.16. The number of benzene rings is 1. The summed E-state index contributed by atoms with van der Waals surface area (Å²) in [4.78, 5) is 28.8. The normalized spacial score (nSPS) is 11.0. The summed E-state index contributed by atoms with van der Waals surface area (Å²) in [6.45, 7) is 3.95. The molecule has 2 heterocycles. The molecule has 130 valence electrons. The average Bonchev–Trinajstić information content (AvgIpc) is 3.02. The second kappa shape index (κ2) is 7.16. The molecule has 0 spiro atoms. The number of nitrogens with zero attached hydrogens (tertiary/aromatic N) is 1. The lowest BCUT2D eigenvalue weighted by molar-refractivity contribution is -0.358. The number of aryl methyl sites for hydroxylation is 2. The fraction of sp³-hybridized carbons (Fsp3) is 0.278. The van der Waals surface area contributed by atoms with Gasteiger partial charge in [0, 0.05) is 11.4 Å². The van der Waals surface area contributed by atoms with Gasteiger partial charge in [0.05, 0.1) is 21.7 Å². The van der Waals surface area contributed by atoms with E-state index in [0.29, 0.717) is 34.4 Å². The summed E-state index contributed by atoms with van der Waals surface area (Å²) in [5.41, 5.74) is 5.62. The molecule has 0 saturated carbocycles. The van der Waals surface area contributed by atoms with Gasteiger partial charge in [-0.15, -0.1) is 11.3 Å². The van der Waals surface area contributed by atoms with Gasteiger partial charge in [-0.2, -0.15) is 0 Å². The number of esters is 1. The second-order valence-corrected chi connectivity index (χ2v) is 6.72. The zero-order valence-corrected chi connectivity index (χ0v) is 14.9. The molecule has 25 heavy (non-hydrogen) atoms. The third-order valence-corrected chi connectivity index (χ3v) is 4.57. The maximum absolute atomic E-state index is 12.9. The van der Waals surface area contributed by atoms with Crippen molar-refractivity contribution in [2.24, 2.45) is 0 Å². The van der Waals surface area contributed by atoms with Crippen LogP contribution in [0.4, 0.5) is 0 Å². The van der Waals surface area contributed by atoms with Crippen molar-refractivity contribution in [3.8, 4) is 17.0 Å². The van der Waals surface area contributed by atoms with Gasteiger partial charge in [0.25, 0.3) is 0 Å². The minimum atomic E-state index is -0.423. The molecule has 0 saturated heterocycles. The van der Waals surface area contributed by atoms with E-state index < -0.39 is 5.97 Å². The Morgan fingerprint density at radius 3 is 2.84 bits per heavy atom. The van der Waals surface area contributed by atoms with E-state index in [1.165, 1.54) is 17.6 Å². The highest BCUT2D eigenvalue weighted by Gasteiger charge is 2.16. The molecule has 0 aliphatic heterocycles. The molecular weight excluding hydrogens is 340 g/mol. The van der Waals surface area contributed by atoms with Crippen molar-refractivity contribution < 1.29 is 19.7 Å². The van der Waals surface area contributed by atoms with E-state index in [0.717, 1.165) is 17.0 Å². The number of aromatic nitrogens is 1. The van der Waals surface area contributed by atoms with Crippen LogP contribution < -0.4 is 15.9 Å². The Hall–Kier alpha value is -2.51. The third-order valence-electron chi connectivity index (χ3n) is 3.80. The fourth-order valence-corrected chi connectivity index (χ4v) is 3.21. The SMILES string of the molecule is CCCc1cc2c(=O)c(-c3csc(C)n3)coc2cc1OC(=O)C[NH3+]. The predicted octanol–water partition coefficient (Wildman–Crippen LogP) is 2.32. The maximum Gasteiger partial charge on any atom is 0.366 e. The van der Waals surface area contributed by atoms with E-state index in [2.05, 4.69) is 10.7 Å². The number of hydrogen-bond donors (Lipinski definition) is 1. The molecule has 2 aromatic heterocycles. The van der Waals surface area contributed by atoms with Gasteiger partial charge in [-0.05, 0) is 25.0 Å². The Bertz CT molecular complexity index is 990. The van der Waals surface area contributed by atoms with Crippen LogP contribution in [0.15, 0.2) is 33.0 Å². The quantitative estimate of drug-likeness (QED) is 0.557. The van der Waals surface area contributed by atoms with Crippen LogP contribution >= 0.6 is 11.3 Å². The monoisotopic (exact) mass is 359 g/mol. The molecule has 0 radical (unpaired) electrons. The van der Waals surface area contributed by atoms with Crippen LogP contribution in [0.3, 0.4) is 0 Å². The summed E-state index contributed by atoms with van der Waals surface area (Å²) in [6, 6.07) is 3.35. The number of carbonyl (C=O) groups excluding carboxylic acids is 1. The first-order valence-electron chi connectivity index (χ1n) is 8.04. The first kappa shape index (κ1) is 17.3. The Morgan fingerprint density at radius 1 is 1.40 bits per heavy atom. The minimum absolute atomic E-state index is 0.0374. The zero-order chi connectivity index (χ0) is 18.0. The summed E-state index contributed by atoms with van der Waals surface area (Å²) in [6.07, 6.45) is 2.96. The summed E-state index contributed by atoms with van der Waals surface area (Å²) < 4.78 is 11.0. The molecular formula is C18H19N2O4S+. The van der Waals surface area contributed by atoms with Gasteiger partial charge in [0.15, 0.2) is 6.54 Å². The van der Waals surface area contributed by atoms with Crippen LogP contribution in [0.25, 0.3) is 22.2 Å². The van der Waals surface area contributed by atoms with E-state index >= 15 is 0 Å². The third kappa shape index (κ3) is 3.47. The van der Waals surface area contributed by atoms with Crippen LogP contribution in [0, 0.1) is 6.92 Å². The standard InChI is InChI=1S/C18H18N2O4S/c1-3-4-11-5-12-16(6-15(11)24-17(21)7-19)23-8-13(18(12)22)14-9-25-10(2)20-14/h5-6,8-9H,3-4,7,19H2,1-2H3/p+1. The van der Waals surface area contributed by atoms with Crippen LogP contribution in [0.1, 0.15) is 23.9 Å². The molecule has 0 fully saturated rings. The number of ether oxygens (including phenoxy) is 1. The van der Waals surface area contributed by atoms with Gasteiger partial charge in [-0.3, -0.25) is 4.79 Å². The lowest BCUT2D eigenvalue weighted by Gasteiger charge is -2.10. The smallest absolute Gasteiger partial charge is 0.366 e. The van der Waals surface area contributed by atoms with Crippen molar-refractivity contribution in [1.29, 1.82) is 0 Å². The fourth-order valence-electron chi connectivity index (χ4n) is 2.60. The summed E-state index contributed by atoms with van der Waals surface area (Å²) in [5.74, 6) is -0.00276. The Morgan fingerprint density at radius 2 is 2.20 bits per heavy atom. The molecule has 3 N–H and O–H groups in total. The lowest BCUT2D eigenvalue weighted by Crippen LogP contribution is -2.55. The molecule has 0 amide bonds. The number of fused-ring (bicyclic) bond motifs is 1. The van der Waals surface area contributed by atoms with Crippen molar-refractivity contribution in [3.63, 3.8) is 0 Å². The molecule has 0 atom stereocenters. The van der Waals surface area contributed by atoms with E-state index in [1.807, 2.05) is 19.2 Å². The van der Waals surface area contributed by atoms with Crippen LogP contribution in [0.5, 0.6) is 5.75 Å². The van der Waals surface area contributed by atoms with Gasteiger partial charge in [0.2, 0.25) is 5.43 Å². The first-order chi connectivity index (χ1) is 12.0. The van der Waals surface area contributed by atoms with Gasteiger partial charge >= 0.3 is 5.97 Å². The van der Waals surface area contributed by atoms with Gasteiger partial charge in [-0.1, -0.05) is 13.3 Å². The Labute approximate surface area is 148 Å². The number of rotatable bonds is 5. The van der Waals surface area contributed by atoms with Gasteiger partial charge in [0.1, 0.15) is 17.6 Å². The zero-order valence-electron chi connectivity index (χ0n) is 14.1. The highest BCUT2D eigenvalue weighted by atomic mass is 32.1. The number of quaternary nitrogens is 1. The number of carbonyl (C=O) groups is 1.